The Labute approximate surface area is 461 Å². The van der Waals surface area contributed by atoms with Crippen molar-refractivity contribution in [3.63, 3.8) is 0 Å². The molecule has 0 amide bonds. The summed E-state index contributed by atoms with van der Waals surface area (Å²) in [6.45, 7) is 0. The standard InChI is InChI=1S/C60H40Br2O12S3/c61-41-14-16-43(17-15-41)69-44-18-28-54(29-19-44)75(63,64)56-34-24-47(25-35-56)73-52-10-5-11-53(40-52)74-59-12-1-2-13-60(59)77(67,68)58-36-26-48(27-37-58)72-51-9-4-8-50(39-51)71-46-22-32-57(33-23-46)76(65,66)55-30-20-45(21-31-55)70-49-7-3-6-42(62)38-49/h1-40H. The van der Waals surface area contributed by atoms with Crippen LogP contribution in [0, 0.1) is 0 Å². The van der Waals surface area contributed by atoms with Crippen LogP contribution >= 0.6 is 31.9 Å². The Hall–Kier alpha value is -8.19. The van der Waals surface area contributed by atoms with Gasteiger partial charge in [-0.2, -0.15) is 0 Å². The van der Waals surface area contributed by atoms with Gasteiger partial charge in [0.25, 0.3) is 0 Å². The maximum Gasteiger partial charge on any atom is 0.210 e. The lowest BCUT2D eigenvalue weighted by atomic mass is 10.3. The Morgan fingerprint density at radius 3 is 0.883 bits per heavy atom. The number of sulfone groups is 3. The molecule has 0 unspecified atom stereocenters. The molecule has 0 aliphatic carbocycles. The molecule has 0 aromatic heterocycles. The summed E-state index contributed by atoms with van der Waals surface area (Å²) in [5.41, 5.74) is 0. The van der Waals surface area contributed by atoms with Crippen LogP contribution in [-0.4, -0.2) is 25.3 Å². The van der Waals surface area contributed by atoms with Gasteiger partial charge >= 0.3 is 0 Å². The van der Waals surface area contributed by atoms with Gasteiger partial charge in [0, 0.05) is 21.1 Å². The third kappa shape index (κ3) is 12.6. The van der Waals surface area contributed by atoms with E-state index in [0.717, 1.165) is 8.95 Å². The SMILES string of the molecule is O=S(=O)(c1ccc(Oc2cccc(Br)c2)cc1)c1ccc(Oc2cccc(Oc3ccc(S(=O)(=O)c4ccccc4Oc4cccc(Oc5ccc(S(=O)(=O)c6ccc(Oc7ccc(Br)cc7)cc6)cc5)c4)cc3)c2)cc1. The molecule has 0 heterocycles. The molecule has 384 valence electrons. The quantitative estimate of drug-likeness (QED) is 0.0802. The van der Waals surface area contributed by atoms with E-state index in [1.54, 1.807) is 133 Å². The van der Waals surface area contributed by atoms with Crippen LogP contribution < -0.4 is 28.4 Å². The maximum atomic E-state index is 14.1. The van der Waals surface area contributed by atoms with E-state index in [-0.39, 0.29) is 35.1 Å². The molecule has 0 saturated carbocycles. The van der Waals surface area contributed by atoms with E-state index in [1.165, 1.54) is 78.9 Å². The highest BCUT2D eigenvalue weighted by Crippen LogP contribution is 2.37. The first-order valence-electron chi connectivity index (χ1n) is 23.3. The molecule has 10 rings (SSSR count). The zero-order valence-corrected chi connectivity index (χ0v) is 45.6. The van der Waals surface area contributed by atoms with Crippen molar-refractivity contribution in [2.75, 3.05) is 0 Å². The molecular formula is C60H40Br2O12S3. The van der Waals surface area contributed by atoms with E-state index in [1.807, 2.05) is 30.3 Å². The lowest BCUT2D eigenvalue weighted by molar-refractivity contribution is 0.452. The van der Waals surface area contributed by atoms with Gasteiger partial charge in [-0.05, 0) is 200 Å². The Morgan fingerprint density at radius 2 is 0.519 bits per heavy atom. The highest BCUT2D eigenvalue weighted by Gasteiger charge is 2.24. The van der Waals surface area contributed by atoms with E-state index in [9.17, 15) is 25.3 Å². The van der Waals surface area contributed by atoms with Crippen LogP contribution in [0.1, 0.15) is 0 Å². The van der Waals surface area contributed by atoms with Crippen LogP contribution in [0.15, 0.2) is 281 Å². The summed E-state index contributed by atoms with van der Waals surface area (Å²) in [6.07, 6.45) is 0. The minimum absolute atomic E-state index is 0.00338. The molecule has 10 aromatic rings. The Balaban J connectivity index is 0.747. The van der Waals surface area contributed by atoms with Gasteiger partial charge in [0.2, 0.25) is 29.5 Å². The summed E-state index contributed by atoms with van der Waals surface area (Å²) in [5.74, 6) is 4.85. The minimum atomic E-state index is -4.11. The molecule has 17 heteroatoms. The molecule has 0 atom stereocenters. The molecule has 0 aliphatic rings. The van der Waals surface area contributed by atoms with Crippen molar-refractivity contribution in [3.8, 4) is 69.0 Å². The van der Waals surface area contributed by atoms with Crippen molar-refractivity contribution in [1.82, 2.24) is 0 Å². The van der Waals surface area contributed by atoms with Gasteiger partial charge in [0.15, 0.2) is 0 Å². The average molecular weight is 1210 g/mol. The monoisotopic (exact) mass is 1210 g/mol. The van der Waals surface area contributed by atoms with Crippen LogP contribution in [0.5, 0.6) is 69.0 Å². The largest absolute Gasteiger partial charge is 0.457 e. The van der Waals surface area contributed by atoms with Crippen molar-refractivity contribution in [1.29, 1.82) is 0 Å². The van der Waals surface area contributed by atoms with Crippen LogP contribution in [0.3, 0.4) is 0 Å². The van der Waals surface area contributed by atoms with Crippen LogP contribution in [-0.2, 0) is 29.5 Å². The summed E-state index contributed by atoms with van der Waals surface area (Å²) in [6, 6.07) is 64.6. The molecule has 77 heavy (non-hydrogen) atoms. The zero-order valence-electron chi connectivity index (χ0n) is 40.0. The first kappa shape index (κ1) is 52.3. The van der Waals surface area contributed by atoms with Crippen molar-refractivity contribution in [3.05, 3.63) is 252 Å². The maximum absolute atomic E-state index is 14.1. The second-order valence-corrected chi connectivity index (χ2v) is 24.4. The number of ether oxygens (including phenoxy) is 6. The van der Waals surface area contributed by atoms with Gasteiger partial charge in [-0.3, -0.25) is 0 Å². The lowest BCUT2D eigenvalue weighted by Crippen LogP contribution is -2.04. The lowest BCUT2D eigenvalue weighted by Gasteiger charge is -2.14. The number of rotatable bonds is 18. The molecule has 12 nitrogen and oxygen atoms in total. The highest BCUT2D eigenvalue weighted by atomic mass is 79.9. The highest BCUT2D eigenvalue weighted by molar-refractivity contribution is 9.10. The predicted molar refractivity (Wildman–Crippen MR) is 297 cm³/mol. The molecule has 0 aliphatic heterocycles. The van der Waals surface area contributed by atoms with E-state index in [2.05, 4.69) is 31.9 Å². The summed E-state index contributed by atoms with van der Waals surface area (Å²) in [5, 5.41) is 0. The van der Waals surface area contributed by atoms with E-state index in [4.69, 9.17) is 28.4 Å². The summed E-state index contributed by atoms with van der Waals surface area (Å²) in [4.78, 5) is 0.290. The second kappa shape index (κ2) is 22.6. The molecule has 0 saturated heterocycles. The molecule has 0 bridgehead atoms. The third-order valence-corrected chi connectivity index (χ3v) is 17.8. The van der Waals surface area contributed by atoms with Gasteiger partial charge in [-0.25, -0.2) is 25.3 Å². The molecule has 0 radical (unpaired) electrons. The summed E-state index contributed by atoms with van der Waals surface area (Å²) >= 11 is 6.80. The number of halogens is 2. The smallest absolute Gasteiger partial charge is 0.210 e. The van der Waals surface area contributed by atoms with Gasteiger partial charge in [-0.1, -0.05) is 62.2 Å². The van der Waals surface area contributed by atoms with Gasteiger partial charge < -0.3 is 28.4 Å². The topological polar surface area (TPSA) is 158 Å². The fourth-order valence-electron chi connectivity index (χ4n) is 7.63. The molecule has 0 spiro atoms. The van der Waals surface area contributed by atoms with Gasteiger partial charge in [0.1, 0.15) is 73.9 Å². The van der Waals surface area contributed by atoms with E-state index >= 15 is 0 Å². The first-order chi connectivity index (χ1) is 37.1. The fourth-order valence-corrected chi connectivity index (χ4v) is 12.2. The molecule has 0 fully saturated rings. The van der Waals surface area contributed by atoms with Gasteiger partial charge in [0.05, 0.1) is 24.5 Å². The van der Waals surface area contributed by atoms with Crippen molar-refractivity contribution in [2.45, 2.75) is 29.4 Å². The normalized spacial score (nSPS) is 11.6. The molecule has 10 aromatic carbocycles. The van der Waals surface area contributed by atoms with Crippen LogP contribution in [0.2, 0.25) is 0 Å². The second-order valence-electron chi connectivity index (χ2n) is 16.8. The van der Waals surface area contributed by atoms with Crippen LogP contribution in [0.25, 0.3) is 0 Å². The number of para-hydroxylation sites is 1. The molecular weight excluding hydrogens is 1170 g/mol. The average Bonchev–Trinajstić information content (AvgIpc) is 3.43. The zero-order chi connectivity index (χ0) is 53.6. The van der Waals surface area contributed by atoms with Crippen LogP contribution in [0.4, 0.5) is 0 Å². The predicted octanol–water partition coefficient (Wildman–Crippen LogP) is 16.5. The number of benzene rings is 10. The Kier molecular flexibility index (Phi) is 15.3. The van der Waals surface area contributed by atoms with E-state index in [0.29, 0.717) is 63.2 Å². The molecule has 0 N–H and O–H groups in total. The van der Waals surface area contributed by atoms with E-state index < -0.39 is 29.5 Å². The number of hydrogen-bond acceptors (Lipinski definition) is 12. The summed E-state index contributed by atoms with van der Waals surface area (Å²) in [7, 11) is -11.8. The Morgan fingerprint density at radius 1 is 0.234 bits per heavy atom. The van der Waals surface area contributed by atoms with Crippen molar-refractivity contribution >= 4 is 61.4 Å². The fraction of sp³-hybridized carbons (Fsp3) is 0. The van der Waals surface area contributed by atoms with Crippen molar-refractivity contribution in [2.24, 2.45) is 0 Å². The minimum Gasteiger partial charge on any atom is -0.457 e. The first-order valence-corrected chi connectivity index (χ1v) is 29.3. The van der Waals surface area contributed by atoms with Crippen molar-refractivity contribution < 1.29 is 53.7 Å². The third-order valence-electron chi connectivity index (χ3n) is 11.4. The van der Waals surface area contributed by atoms with Gasteiger partial charge in [-0.15, -0.1) is 0 Å². The number of hydrogen-bond donors (Lipinski definition) is 0. The Bertz CT molecular complexity index is 4070. The summed E-state index contributed by atoms with van der Waals surface area (Å²) < 4.78 is 120.